The minimum absolute atomic E-state index is 0.368. The third kappa shape index (κ3) is 5.83. The van der Waals surface area contributed by atoms with Gasteiger partial charge in [-0.2, -0.15) is 0 Å². The molecule has 0 radical (unpaired) electrons. The fraction of sp³-hybridized carbons (Fsp3) is 0.286. The minimum Gasteiger partial charge on any atom is -0.416 e. The Hall–Kier alpha value is -2.14. The second-order valence-electron chi connectivity index (χ2n) is 3.88. The summed E-state index contributed by atoms with van der Waals surface area (Å²) < 4.78 is 9.91. The van der Waals surface area contributed by atoms with Crippen LogP contribution >= 0.6 is 0 Å². The zero-order valence-corrected chi connectivity index (χ0v) is 11.0. The highest BCUT2D eigenvalue weighted by atomic mass is 16.7. The summed E-state index contributed by atoms with van der Waals surface area (Å²) in [6.45, 7) is 1.97. The van der Waals surface area contributed by atoms with Crippen molar-refractivity contribution in [3.05, 3.63) is 47.5 Å². The van der Waals surface area contributed by atoms with Gasteiger partial charge in [0.2, 0.25) is 6.29 Å². The predicted molar refractivity (Wildman–Crippen MR) is 70.4 cm³/mol. The lowest BCUT2D eigenvalue weighted by Gasteiger charge is -2.13. The lowest BCUT2D eigenvalue weighted by Crippen LogP contribution is -2.28. The van der Waals surface area contributed by atoms with Gasteiger partial charge in [-0.15, -0.1) is 0 Å². The number of benzene rings is 1. The van der Waals surface area contributed by atoms with Gasteiger partial charge in [0.1, 0.15) is 6.29 Å². The van der Waals surface area contributed by atoms with Crippen molar-refractivity contribution in [2.75, 3.05) is 7.11 Å². The van der Waals surface area contributed by atoms with Gasteiger partial charge in [-0.1, -0.05) is 30.3 Å². The number of aldehydes is 1. The van der Waals surface area contributed by atoms with Crippen molar-refractivity contribution in [2.45, 2.75) is 19.8 Å². The van der Waals surface area contributed by atoms with Gasteiger partial charge in [-0.3, -0.25) is 4.79 Å². The van der Waals surface area contributed by atoms with Crippen molar-refractivity contribution >= 4 is 12.4 Å². The fourth-order valence-corrected chi connectivity index (χ4v) is 1.32. The zero-order valence-electron chi connectivity index (χ0n) is 11.0. The maximum Gasteiger partial charge on any atom is 0.409 e. The molecule has 1 aromatic rings. The maximum absolute atomic E-state index is 11.5. The average Bonchev–Trinajstić information content (AvgIpc) is 2.45. The van der Waals surface area contributed by atoms with Crippen molar-refractivity contribution in [3.63, 3.8) is 0 Å². The van der Waals surface area contributed by atoms with E-state index in [1.807, 2.05) is 30.3 Å². The molecule has 1 amide bonds. The highest BCUT2D eigenvalue weighted by Gasteiger charge is 2.10. The SMILES string of the molecule is COC(/C=C(/C)C=O)OC(=O)NCc1ccccc1. The smallest absolute Gasteiger partial charge is 0.409 e. The van der Waals surface area contributed by atoms with Gasteiger partial charge in [0.05, 0.1) is 0 Å². The van der Waals surface area contributed by atoms with Crippen LogP contribution in [0.4, 0.5) is 4.79 Å². The largest absolute Gasteiger partial charge is 0.416 e. The fourth-order valence-electron chi connectivity index (χ4n) is 1.32. The normalized spacial score (nSPS) is 12.6. The molecule has 0 aliphatic heterocycles. The van der Waals surface area contributed by atoms with Crippen molar-refractivity contribution in [3.8, 4) is 0 Å². The van der Waals surface area contributed by atoms with Crippen molar-refractivity contribution < 1.29 is 19.1 Å². The summed E-state index contributed by atoms with van der Waals surface area (Å²) in [6, 6.07) is 9.46. The molecule has 1 atom stereocenters. The van der Waals surface area contributed by atoms with E-state index < -0.39 is 12.4 Å². The molecule has 102 valence electrons. The molecule has 1 aromatic carbocycles. The van der Waals surface area contributed by atoms with Crippen LogP contribution in [0.2, 0.25) is 0 Å². The molecule has 0 heterocycles. The van der Waals surface area contributed by atoms with E-state index in [9.17, 15) is 9.59 Å². The third-order valence-electron chi connectivity index (χ3n) is 2.32. The van der Waals surface area contributed by atoms with Crippen LogP contribution in [0.15, 0.2) is 42.0 Å². The van der Waals surface area contributed by atoms with Gasteiger partial charge >= 0.3 is 6.09 Å². The number of hydrogen-bond donors (Lipinski definition) is 1. The van der Waals surface area contributed by atoms with E-state index in [0.717, 1.165) is 5.56 Å². The van der Waals surface area contributed by atoms with Crippen LogP contribution in [0.25, 0.3) is 0 Å². The topological polar surface area (TPSA) is 64.6 Å². The van der Waals surface area contributed by atoms with Gasteiger partial charge in [0, 0.05) is 13.7 Å². The van der Waals surface area contributed by atoms with Crippen LogP contribution in [-0.4, -0.2) is 25.8 Å². The highest BCUT2D eigenvalue weighted by Crippen LogP contribution is 2.01. The summed E-state index contributed by atoms with van der Waals surface area (Å²) in [5, 5.41) is 2.60. The molecular formula is C14H17NO4. The molecule has 0 aromatic heterocycles. The summed E-state index contributed by atoms with van der Waals surface area (Å²) in [5.41, 5.74) is 1.40. The van der Waals surface area contributed by atoms with Crippen LogP contribution in [0, 0.1) is 0 Å². The number of carbonyl (C=O) groups is 2. The average molecular weight is 263 g/mol. The molecular weight excluding hydrogens is 246 g/mol. The van der Waals surface area contributed by atoms with E-state index in [1.54, 1.807) is 6.92 Å². The summed E-state index contributed by atoms with van der Waals surface area (Å²) in [5.74, 6) is 0. The third-order valence-corrected chi connectivity index (χ3v) is 2.32. The molecule has 0 saturated carbocycles. The quantitative estimate of drug-likeness (QED) is 0.484. The van der Waals surface area contributed by atoms with Gasteiger partial charge in [0.15, 0.2) is 0 Å². The minimum atomic E-state index is -0.874. The number of nitrogens with one attached hydrogen (secondary N) is 1. The number of ether oxygens (including phenoxy) is 2. The Morgan fingerprint density at radius 3 is 2.63 bits per heavy atom. The first-order chi connectivity index (χ1) is 9.15. The van der Waals surface area contributed by atoms with Crippen LogP contribution in [0.3, 0.4) is 0 Å². The van der Waals surface area contributed by atoms with Crippen molar-refractivity contribution in [1.82, 2.24) is 5.32 Å². The Bertz CT molecular complexity index is 442. The number of carbonyl (C=O) groups excluding carboxylic acids is 2. The molecule has 5 heteroatoms. The Morgan fingerprint density at radius 1 is 1.37 bits per heavy atom. The van der Waals surface area contributed by atoms with Gasteiger partial charge in [-0.05, 0) is 24.1 Å². The number of alkyl carbamates (subject to hydrolysis) is 1. The molecule has 0 aliphatic carbocycles. The molecule has 0 saturated heterocycles. The summed E-state index contributed by atoms with van der Waals surface area (Å²) in [7, 11) is 1.39. The van der Waals surface area contributed by atoms with Gasteiger partial charge in [-0.25, -0.2) is 4.79 Å². The van der Waals surface area contributed by atoms with Crippen LogP contribution < -0.4 is 5.32 Å². The standard InChI is InChI=1S/C14H17NO4/c1-11(10-16)8-13(18-2)19-14(17)15-9-12-6-4-3-5-7-12/h3-8,10,13H,9H2,1-2H3,(H,15,17)/b11-8-. The highest BCUT2D eigenvalue weighted by molar-refractivity contribution is 5.72. The Morgan fingerprint density at radius 2 is 2.05 bits per heavy atom. The summed E-state index contributed by atoms with van der Waals surface area (Å²) in [4.78, 5) is 22.0. The summed E-state index contributed by atoms with van der Waals surface area (Å²) in [6.07, 6.45) is 0.610. The number of allylic oxidation sites excluding steroid dienone is 1. The zero-order chi connectivity index (χ0) is 14.1. The Balaban J connectivity index is 2.43. The van der Waals surface area contributed by atoms with E-state index in [0.29, 0.717) is 18.4 Å². The first-order valence-electron chi connectivity index (χ1n) is 5.80. The number of amides is 1. The van der Waals surface area contributed by atoms with E-state index in [2.05, 4.69) is 5.32 Å². The number of hydrogen-bond acceptors (Lipinski definition) is 4. The molecule has 1 unspecified atom stereocenters. The first kappa shape index (κ1) is 14.9. The molecule has 0 aliphatic rings. The van der Waals surface area contributed by atoms with E-state index in [4.69, 9.17) is 9.47 Å². The second-order valence-corrected chi connectivity index (χ2v) is 3.88. The van der Waals surface area contributed by atoms with E-state index in [-0.39, 0.29) is 0 Å². The van der Waals surface area contributed by atoms with Crippen LogP contribution in [-0.2, 0) is 20.8 Å². The number of methoxy groups -OCH3 is 1. The monoisotopic (exact) mass is 263 g/mol. The van der Waals surface area contributed by atoms with Crippen molar-refractivity contribution in [1.29, 1.82) is 0 Å². The van der Waals surface area contributed by atoms with E-state index >= 15 is 0 Å². The molecule has 0 spiro atoms. The first-order valence-corrected chi connectivity index (χ1v) is 5.80. The van der Waals surface area contributed by atoms with Gasteiger partial charge in [0.25, 0.3) is 0 Å². The molecule has 19 heavy (non-hydrogen) atoms. The Labute approximate surface area is 112 Å². The Kier molecular flexibility index (Phi) is 6.32. The van der Waals surface area contributed by atoms with Crippen molar-refractivity contribution in [2.24, 2.45) is 0 Å². The lowest BCUT2D eigenvalue weighted by atomic mass is 10.2. The number of rotatable bonds is 6. The second kappa shape index (κ2) is 8.05. The molecule has 5 nitrogen and oxygen atoms in total. The van der Waals surface area contributed by atoms with Crippen LogP contribution in [0.5, 0.6) is 0 Å². The molecule has 1 rings (SSSR count). The molecule has 0 bridgehead atoms. The predicted octanol–water partition coefficient (Wildman–Crippen LogP) is 2.03. The molecule has 0 fully saturated rings. The van der Waals surface area contributed by atoms with Crippen LogP contribution in [0.1, 0.15) is 12.5 Å². The van der Waals surface area contributed by atoms with Gasteiger partial charge < -0.3 is 14.8 Å². The maximum atomic E-state index is 11.5. The lowest BCUT2D eigenvalue weighted by molar-refractivity contribution is -0.105. The van der Waals surface area contributed by atoms with E-state index in [1.165, 1.54) is 13.2 Å². The molecule has 1 N–H and O–H groups in total. The summed E-state index contributed by atoms with van der Waals surface area (Å²) >= 11 is 0.